The number of nitrogens with zero attached hydrogens (tertiary/aromatic N) is 1. The first kappa shape index (κ1) is 10.4. The van der Waals surface area contributed by atoms with Crippen molar-refractivity contribution in [2.45, 2.75) is 13.0 Å². The van der Waals surface area contributed by atoms with Crippen LogP contribution in [0.1, 0.15) is 22.9 Å². The van der Waals surface area contributed by atoms with Gasteiger partial charge >= 0.3 is 0 Å². The Bertz CT molecular complexity index is 467. The predicted molar refractivity (Wildman–Crippen MR) is 61.4 cm³/mol. The molecule has 2 aromatic heterocycles. The summed E-state index contributed by atoms with van der Waals surface area (Å²) in [7, 11) is 0. The Balaban J connectivity index is 2.36. The molecule has 0 aliphatic rings. The fraction of sp³-hybridized carbons (Fsp3) is 0.182. The Labute approximate surface area is 96.4 Å². The van der Waals surface area contributed by atoms with E-state index in [0.29, 0.717) is 4.67 Å². The Hall–Kier alpha value is -1.13. The van der Waals surface area contributed by atoms with Crippen molar-refractivity contribution in [2.75, 3.05) is 0 Å². The summed E-state index contributed by atoms with van der Waals surface area (Å²) in [5.41, 5.74) is 8.18. The van der Waals surface area contributed by atoms with E-state index in [9.17, 15) is 0 Å². The quantitative estimate of drug-likeness (QED) is 0.910. The monoisotopic (exact) mass is 266 g/mol. The summed E-state index contributed by atoms with van der Waals surface area (Å²) in [5.74, 6) is 0.734. The van der Waals surface area contributed by atoms with Crippen molar-refractivity contribution in [3.63, 3.8) is 0 Å². The molecule has 2 rings (SSSR count). The SMILES string of the molecule is Cc1ccncc1C(N)c1ccc(Br)o1. The lowest BCUT2D eigenvalue weighted by molar-refractivity contribution is 0.469. The summed E-state index contributed by atoms with van der Waals surface area (Å²) < 4.78 is 6.11. The third-order valence-corrected chi connectivity index (χ3v) is 2.74. The Morgan fingerprint density at radius 3 is 2.80 bits per heavy atom. The first-order chi connectivity index (χ1) is 7.18. The highest BCUT2D eigenvalue weighted by Crippen LogP contribution is 2.25. The van der Waals surface area contributed by atoms with Crippen LogP contribution < -0.4 is 5.73 Å². The standard InChI is InChI=1S/C11H11BrN2O/c1-7-4-5-14-6-8(7)11(13)9-2-3-10(12)15-9/h2-6,11H,13H2,1H3. The van der Waals surface area contributed by atoms with E-state index in [2.05, 4.69) is 20.9 Å². The topological polar surface area (TPSA) is 52.0 Å². The summed E-state index contributed by atoms with van der Waals surface area (Å²) >= 11 is 3.25. The van der Waals surface area contributed by atoms with Crippen molar-refractivity contribution in [1.29, 1.82) is 0 Å². The largest absolute Gasteiger partial charge is 0.452 e. The van der Waals surface area contributed by atoms with Crippen LogP contribution in [0.2, 0.25) is 0 Å². The van der Waals surface area contributed by atoms with Gasteiger partial charge in [-0.15, -0.1) is 0 Å². The van der Waals surface area contributed by atoms with Crippen LogP contribution in [0.3, 0.4) is 0 Å². The number of hydrogen-bond acceptors (Lipinski definition) is 3. The van der Waals surface area contributed by atoms with E-state index in [0.717, 1.165) is 16.9 Å². The molecule has 0 bridgehead atoms. The van der Waals surface area contributed by atoms with Crippen molar-refractivity contribution in [1.82, 2.24) is 4.98 Å². The molecule has 0 spiro atoms. The van der Waals surface area contributed by atoms with Crippen LogP contribution in [0.15, 0.2) is 39.7 Å². The zero-order chi connectivity index (χ0) is 10.8. The molecule has 78 valence electrons. The molecular formula is C11H11BrN2O. The van der Waals surface area contributed by atoms with Crippen molar-refractivity contribution in [3.05, 3.63) is 52.1 Å². The van der Waals surface area contributed by atoms with Gasteiger partial charge in [-0.3, -0.25) is 4.98 Å². The Morgan fingerprint density at radius 1 is 1.40 bits per heavy atom. The third-order valence-electron chi connectivity index (χ3n) is 2.32. The number of pyridine rings is 1. The minimum absolute atomic E-state index is 0.259. The van der Waals surface area contributed by atoms with E-state index in [1.165, 1.54) is 0 Å². The molecule has 0 aromatic carbocycles. The van der Waals surface area contributed by atoms with Crippen molar-refractivity contribution < 1.29 is 4.42 Å². The van der Waals surface area contributed by atoms with Crippen molar-refractivity contribution in [3.8, 4) is 0 Å². The second-order valence-electron chi connectivity index (χ2n) is 3.35. The van der Waals surface area contributed by atoms with E-state index in [4.69, 9.17) is 10.2 Å². The van der Waals surface area contributed by atoms with Gasteiger partial charge in [-0.1, -0.05) is 0 Å². The van der Waals surface area contributed by atoms with Crippen LogP contribution in [0.5, 0.6) is 0 Å². The van der Waals surface area contributed by atoms with Gasteiger partial charge in [0.15, 0.2) is 4.67 Å². The highest BCUT2D eigenvalue weighted by molar-refractivity contribution is 9.10. The van der Waals surface area contributed by atoms with Gasteiger partial charge < -0.3 is 10.2 Å². The van der Waals surface area contributed by atoms with Crippen LogP contribution in [-0.2, 0) is 0 Å². The van der Waals surface area contributed by atoms with Crippen LogP contribution in [0.4, 0.5) is 0 Å². The van der Waals surface area contributed by atoms with E-state index >= 15 is 0 Å². The number of aromatic nitrogens is 1. The molecule has 0 saturated heterocycles. The van der Waals surface area contributed by atoms with Crippen LogP contribution in [0.25, 0.3) is 0 Å². The molecule has 4 heteroatoms. The van der Waals surface area contributed by atoms with E-state index in [-0.39, 0.29) is 6.04 Å². The minimum atomic E-state index is -0.259. The number of hydrogen-bond donors (Lipinski definition) is 1. The average molecular weight is 267 g/mol. The summed E-state index contributed by atoms with van der Waals surface area (Å²) in [6, 6.07) is 5.37. The van der Waals surface area contributed by atoms with Gasteiger partial charge in [0.25, 0.3) is 0 Å². The molecule has 0 aliphatic heterocycles. The number of aryl methyl sites for hydroxylation is 1. The predicted octanol–water partition coefficient (Wildman–Crippen LogP) is 2.79. The van der Waals surface area contributed by atoms with Gasteiger partial charge in [0, 0.05) is 12.4 Å². The van der Waals surface area contributed by atoms with Gasteiger partial charge in [0.05, 0.1) is 6.04 Å². The van der Waals surface area contributed by atoms with Gasteiger partial charge in [0.1, 0.15) is 5.76 Å². The molecule has 0 radical (unpaired) electrons. The van der Waals surface area contributed by atoms with E-state index in [1.54, 1.807) is 12.4 Å². The molecule has 3 nitrogen and oxygen atoms in total. The van der Waals surface area contributed by atoms with Gasteiger partial charge in [-0.2, -0.15) is 0 Å². The number of rotatable bonds is 2. The normalized spacial score (nSPS) is 12.7. The van der Waals surface area contributed by atoms with Crippen molar-refractivity contribution in [2.24, 2.45) is 5.73 Å². The molecule has 1 atom stereocenters. The first-order valence-corrected chi connectivity index (χ1v) is 5.39. The molecular weight excluding hydrogens is 256 g/mol. The van der Waals surface area contributed by atoms with Crippen LogP contribution in [0, 0.1) is 6.92 Å². The molecule has 0 saturated carbocycles. The molecule has 2 N–H and O–H groups in total. The molecule has 15 heavy (non-hydrogen) atoms. The summed E-state index contributed by atoms with van der Waals surface area (Å²) in [6.45, 7) is 2.01. The van der Waals surface area contributed by atoms with Gasteiger partial charge in [-0.05, 0) is 52.2 Å². The van der Waals surface area contributed by atoms with E-state index in [1.807, 2.05) is 25.1 Å². The molecule has 2 aromatic rings. The second kappa shape index (κ2) is 4.16. The molecule has 0 aliphatic carbocycles. The molecule has 0 amide bonds. The number of nitrogens with two attached hydrogens (primary N) is 1. The molecule has 0 fully saturated rings. The van der Waals surface area contributed by atoms with Crippen LogP contribution in [-0.4, -0.2) is 4.98 Å². The first-order valence-electron chi connectivity index (χ1n) is 4.60. The maximum Gasteiger partial charge on any atom is 0.169 e. The fourth-order valence-corrected chi connectivity index (χ4v) is 1.77. The number of furan rings is 1. The van der Waals surface area contributed by atoms with E-state index < -0.39 is 0 Å². The Kier molecular flexibility index (Phi) is 2.88. The summed E-state index contributed by atoms with van der Waals surface area (Å²) in [5, 5.41) is 0. The lowest BCUT2D eigenvalue weighted by atomic mass is 10.0. The lowest BCUT2D eigenvalue weighted by Gasteiger charge is -2.11. The third kappa shape index (κ3) is 2.11. The average Bonchev–Trinajstić information content (AvgIpc) is 2.65. The second-order valence-corrected chi connectivity index (χ2v) is 4.13. The smallest absolute Gasteiger partial charge is 0.169 e. The fourth-order valence-electron chi connectivity index (χ4n) is 1.45. The minimum Gasteiger partial charge on any atom is -0.452 e. The van der Waals surface area contributed by atoms with Crippen LogP contribution >= 0.6 is 15.9 Å². The zero-order valence-corrected chi connectivity index (χ0v) is 9.86. The Morgan fingerprint density at radius 2 is 2.20 bits per heavy atom. The van der Waals surface area contributed by atoms with Crippen molar-refractivity contribution >= 4 is 15.9 Å². The summed E-state index contributed by atoms with van der Waals surface area (Å²) in [6.07, 6.45) is 3.53. The molecule has 1 unspecified atom stereocenters. The summed E-state index contributed by atoms with van der Waals surface area (Å²) in [4.78, 5) is 4.07. The van der Waals surface area contributed by atoms with Gasteiger partial charge in [-0.25, -0.2) is 0 Å². The number of halogens is 1. The zero-order valence-electron chi connectivity index (χ0n) is 8.27. The van der Waals surface area contributed by atoms with Gasteiger partial charge in [0.2, 0.25) is 0 Å². The maximum absolute atomic E-state index is 6.08. The molecule has 2 heterocycles. The maximum atomic E-state index is 6.08. The highest BCUT2D eigenvalue weighted by Gasteiger charge is 2.14. The highest BCUT2D eigenvalue weighted by atomic mass is 79.9. The lowest BCUT2D eigenvalue weighted by Crippen LogP contribution is -2.12.